The number of hydrogen-bond acceptors (Lipinski definition) is 5. The molecule has 0 unspecified atom stereocenters. The molecule has 7 heteroatoms. The van der Waals surface area contributed by atoms with Crippen LogP contribution in [-0.4, -0.2) is 41.6 Å². The molecule has 1 saturated heterocycles. The van der Waals surface area contributed by atoms with Gasteiger partial charge in [-0.1, -0.05) is 36.4 Å². The number of benzene rings is 3. The third-order valence-corrected chi connectivity index (χ3v) is 7.44. The molecular weight excluding hydrogens is 510 g/mol. The van der Waals surface area contributed by atoms with Crippen molar-refractivity contribution in [1.82, 2.24) is 9.47 Å². The standard InChI is InChI=1S/C34H31N5O2/c1-25-20-29(21-30(23-36)34(40)38-18-16-37(17-19-38)31-10-4-3-5-11-31)26(2)39(25)32-12-14-33(15-13-32)41-24-28-9-7-6-8-27(28)22-35/h3-15,20-21H,16-19,24H2,1-2H3/b30-21-. The molecular formula is C34H31N5O2. The van der Waals surface area contributed by atoms with Gasteiger partial charge in [-0.2, -0.15) is 10.5 Å². The van der Waals surface area contributed by atoms with Crippen molar-refractivity contribution in [3.05, 3.63) is 119 Å². The molecule has 1 aliphatic heterocycles. The first-order valence-corrected chi connectivity index (χ1v) is 13.6. The number of nitriles is 2. The zero-order valence-corrected chi connectivity index (χ0v) is 23.2. The zero-order valence-electron chi connectivity index (χ0n) is 23.2. The smallest absolute Gasteiger partial charge is 0.264 e. The molecule has 1 amide bonds. The number of carbonyl (C=O) groups excluding carboxylic acids is 1. The van der Waals surface area contributed by atoms with Gasteiger partial charge in [-0.25, -0.2) is 0 Å². The minimum absolute atomic E-state index is 0.139. The quantitative estimate of drug-likeness (QED) is 0.218. The second-order valence-electron chi connectivity index (χ2n) is 10.00. The van der Waals surface area contributed by atoms with Crippen LogP contribution in [0.15, 0.2) is 90.5 Å². The molecule has 1 aromatic heterocycles. The SMILES string of the molecule is Cc1cc(/C=C(/C#N)C(=O)N2CCN(c3ccccc3)CC2)c(C)n1-c1ccc(OCc2ccccc2C#N)cc1. The van der Waals surface area contributed by atoms with E-state index in [1.807, 2.05) is 80.6 Å². The topological polar surface area (TPSA) is 85.3 Å². The van der Waals surface area contributed by atoms with E-state index in [9.17, 15) is 15.3 Å². The number of rotatable bonds is 7. The van der Waals surface area contributed by atoms with Crippen LogP contribution >= 0.6 is 0 Å². The molecule has 2 heterocycles. The lowest BCUT2D eigenvalue weighted by molar-refractivity contribution is -0.126. The van der Waals surface area contributed by atoms with Gasteiger partial charge in [-0.3, -0.25) is 4.79 Å². The van der Waals surface area contributed by atoms with E-state index in [1.54, 1.807) is 17.0 Å². The van der Waals surface area contributed by atoms with E-state index in [4.69, 9.17) is 4.74 Å². The van der Waals surface area contributed by atoms with Gasteiger partial charge in [0.05, 0.1) is 11.6 Å². The molecule has 4 aromatic rings. The average Bonchev–Trinajstić information content (AvgIpc) is 3.31. The Morgan fingerprint density at radius 2 is 1.56 bits per heavy atom. The van der Waals surface area contributed by atoms with Crippen LogP contribution in [0.3, 0.4) is 0 Å². The van der Waals surface area contributed by atoms with Crippen LogP contribution < -0.4 is 9.64 Å². The molecule has 0 aliphatic carbocycles. The number of ether oxygens (including phenoxy) is 1. The van der Waals surface area contributed by atoms with Crippen molar-refractivity contribution in [1.29, 1.82) is 10.5 Å². The molecule has 204 valence electrons. The monoisotopic (exact) mass is 541 g/mol. The van der Waals surface area contributed by atoms with Gasteiger partial charge in [0.15, 0.2) is 0 Å². The van der Waals surface area contributed by atoms with Crippen LogP contribution in [0, 0.1) is 36.5 Å². The first-order chi connectivity index (χ1) is 20.0. The molecule has 1 aliphatic rings. The van der Waals surface area contributed by atoms with Crippen molar-refractivity contribution in [2.75, 3.05) is 31.1 Å². The molecule has 41 heavy (non-hydrogen) atoms. The minimum atomic E-state index is -0.232. The van der Waals surface area contributed by atoms with E-state index in [0.717, 1.165) is 47.0 Å². The zero-order chi connectivity index (χ0) is 28.8. The van der Waals surface area contributed by atoms with Crippen molar-refractivity contribution in [2.45, 2.75) is 20.5 Å². The van der Waals surface area contributed by atoms with Crippen LogP contribution in [0.4, 0.5) is 5.69 Å². The predicted octanol–water partition coefficient (Wildman–Crippen LogP) is 5.80. The summed E-state index contributed by atoms with van der Waals surface area (Å²) >= 11 is 0. The van der Waals surface area contributed by atoms with Gasteiger partial charge < -0.3 is 19.1 Å². The first kappa shape index (κ1) is 27.3. The summed E-state index contributed by atoms with van der Waals surface area (Å²) in [6, 6.07) is 31.6. The molecule has 0 spiro atoms. The highest BCUT2D eigenvalue weighted by Crippen LogP contribution is 2.26. The number of amides is 1. The summed E-state index contributed by atoms with van der Waals surface area (Å²) in [4.78, 5) is 17.3. The van der Waals surface area contributed by atoms with E-state index in [2.05, 4.69) is 33.7 Å². The molecule has 5 rings (SSSR count). The van der Waals surface area contributed by atoms with Crippen molar-refractivity contribution >= 4 is 17.7 Å². The summed E-state index contributed by atoms with van der Waals surface area (Å²) < 4.78 is 8.02. The average molecular weight is 542 g/mol. The lowest BCUT2D eigenvalue weighted by Gasteiger charge is -2.36. The molecule has 0 atom stereocenters. The maximum absolute atomic E-state index is 13.3. The third-order valence-electron chi connectivity index (χ3n) is 7.44. The highest BCUT2D eigenvalue weighted by molar-refractivity contribution is 6.02. The fourth-order valence-corrected chi connectivity index (χ4v) is 5.21. The molecule has 0 N–H and O–H groups in total. The van der Waals surface area contributed by atoms with E-state index >= 15 is 0 Å². The predicted molar refractivity (Wildman–Crippen MR) is 160 cm³/mol. The largest absolute Gasteiger partial charge is 0.489 e. The van der Waals surface area contributed by atoms with Gasteiger partial charge in [0.1, 0.15) is 24.0 Å². The number of nitrogens with zero attached hydrogens (tertiary/aromatic N) is 5. The fourth-order valence-electron chi connectivity index (χ4n) is 5.21. The van der Waals surface area contributed by atoms with Crippen molar-refractivity contribution in [3.8, 4) is 23.6 Å². The van der Waals surface area contributed by atoms with Crippen LogP contribution in [0.5, 0.6) is 5.75 Å². The molecule has 1 fully saturated rings. The third kappa shape index (κ3) is 6.00. The molecule has 0 saturated carbocycles. The normalized spacial score (nSPS) is 13.4. The number of aryl methyl sites for hydroxylation is 1. The number of para-hydroxylation sites is 1. The summed E-state index contributed by atoms with van der Waals surface area (Å²) in [5, 5.41) is 19.2. The molecule has 0 radical (unpaired) electrons. The maximum atomic E-state index is 13.3. The summed E-state index contributed by atoms with van der Waals surface area (Å²) in [6.07, 6.45) is 1.70. The maximum Gasteiger partial charge on any atom is 0.264 e. The lowest BCUT2D eigenvalue weighted by Crippen LogP contribution is -2.49. The number of aromatic nitrogens is 1. The van der Waals surface area contributed by atoms with Crippen molar-refractivity contribution in [3.63, 3.8) is 0 Å². The van der Waals surface area contributed by atoms with Crippen LogP contribution in [-0.2, 0) is 11.4 Å². The summed E-state index contributed by atoms with van der Waals surface area (Å²) in [5.74, 6) is 0.471. The Bertz CT molecular complexity index is 1650. The Morgan fingerprint density at radius 1 is 0.878 bits per heavy atom. The van der Waals surface area contributed by atoms with E-state index in [1.165, 1.54) is 0 Å². The van der Waals surface area contributed by atoms with Gasteiger partial charge in [0.25, 0.3) is 5.91 Å². The van der Waals surface area contributed by atoms with E-state index in [-0.39, 0.29) is 11.5 Å². The Morgan fingerprint density at radius 3 is 2.24 bits per heavy atom. The van der Waals surface area contributed by atoms with Crippen molar-refractivity contribution in [2.24, 2.45) is 0 Å². The van der Waals surface area contributed by atoms with Crippen LogP contribution in [0.25, 0.3) is 11.8 Å². The van der Waals surface area contributed by atoms with E-state index < -0.39 is 0 Å². The van der Waals surface area contributed by atoms with Gasteiger partial charge in [0.2, 0.25) is 0 Å². The fraction of sp³-hybridized carbons (Fsp3) is 0.206. The molecule has 7 nitrogen and oxygen atoms in total. The number of carbonyl (C=O) groups is 1. The molecule has 0 bridgehead atoms. The molecule has 3 aromatic carbocycles. The second-order valence-corrected chi connectivity index (χ2v) is 10.00. The Balaban J connectivity index is 1.28. The van der Waals surface area contributed by atoms with Crippen LogP contribution in [0.2, 0.25) is 0 Å². The highest BCUT2D eigenvalue weighted by Gasteiger charge is 2.24. The van der Waals surface area contributed by atoms with E-state index in [0.29, 0.717) is 31.0 Å². The van der Waals surface area contributed by atoms with Crippen LogP contribution in [0.1, 0.15) is 28.1 Å². The Labute approximate surface area is 240 Å². The lowest BCUT2D eigenvalue weighted by atomic mass is 10.1. The Hall–Kier alpha value is -5.27. The van der Waals surface area contributed by atoms with Crippen molar-refractivity contribution < 1.29 is 9.53 Å². The first-order valence-electron chi connectivity index (χ1n) is 13.6. The van der Waals surface area contributed by atoms with Gasteiger partial charge in [-0.05, 0) is 74.0 Å². The number of piperazine rings is 1. The minimum Gasteiger partial charge on any atom is -0.489 e. The summed E-state index contributed by atoms with van der Waals surface area (Å²) in [5.41, 5.74) is 6.45. The number of anilines is 1. The Kier molecular flexibility index (Phi) is 8.18. The highest BCUT2D eigenvalue weighted by atomic mass is 16.5. The van der Waals surface area contributed by atoms with Gasteiger partial charge in [0, 0.05) is 54.5 Å². The second kappa shape index (κ2) is 12.3. The van der Waals surface area contributed by atoms with Gasteiger partial charge >= 0.3 is 0 Å². The summed E-state index contributed by atoms with van der Waals surface area (Å²) in [7, 11) is 0. The van der Waals surface area contributed by atoms with Gasteiger partial charge in [-0.15, -0.1) is 0 Å². The number of hydrogen-bond donors (Lipinski definition) is 0. The summed E-state index contributed by atoms with van der Waals surface area (Å²) in [6.45, 7) is 6.90.